The van der Waals surface area contributed by atoms with E-state index in [1.165, 1.54) is 13.1 Å². The number of carbonyl (C=O) groups is 4. The van der Waals surface area contributed by atoms with E-state index in [1.807, 2.05) is 48.5 Å². The number of nitrogens with zero attached hydrogens (tertiary/aromatic N) is 2. The number of hydrogen-bond donors (Lipinski definition) is 4. The largest absolute Gasteiger partial charge is 0.477 e. The highest BCUT2D eigenvalue weighted by Crippen LogP contribution is 2.44. The summed E-state index contributed by atoms with van der Waals surface area (Å²) >= 11 is 0. The van der Waals surface area contributed by atoms with E-state index in [-0.39, 0.29) is 37.1 Å². The molecule has 1 aliphatic carbocycles. The van der Waals surface area contributed by atoms with Crippen LogP contribution in [0, 0.1) is 0 Å². The van der Waals surface area contributed by atoms with Crippen molar-refractivity contribution in [3.05, 3.63) is 71.4 Å². The Morgan fingerprint density at radius 1 is 0.943 bits per heavy atom. The summed E-state index contributed by atoms with van der Waals surface area (Å²) in [5.41, 5.74) is 4.28. The van der Waals surface area contributed by atoms with E-state index in [4.69, 9.17) is 9.84 Å². The Labute approximate surface area is 200 Å². The number of aromatic carboxylic acids is 1. The molecule has 2 aromatic carbocycles. The third-order valence-electron chi connectivity index (χ3n) is 5.55. The van der Waals surface area contributed by atoms with Crippen LogP contribution in [0.5, 0.6) is 0 Å². The summed E-state index contributed by atoms with van der Waals surface area (Å²) in [7, 11) is 1.43. The molecular weight excluding hydrogens is 454 g/mol. The van der Waals surface area contributed by atoms with Crippen LogP contribution in [0.1, 0.15) is 27.5 Å². The van der Waals surface area contributed by atoms with Crippen LogP contribution in [0.3, 0.4) is 0 Å². The van der Waals surface area contributed by atoms with E-state index >= 15 is 0 Å². The fraction of sp³-hybridized carbons (Fsp3) is 0.208. The molecule has 4 rings (SSSR count). The molecule has 0 fully saturated rings. The maximum absolute atomic E-state index is 12.1. The number of benzene rings is 2. The van der Waals surface area contributed by atoms with Crippen LogP contribution in [-0.4, -0.2) is 58.5 Å². The number of carbonyl (C=O) groups excluding carboxylic acids is 3. The highest BCUT2D eigenvalue weighted by molar-refractivity contribution is 5.95. The van der Waals surface area contributed by atoms with Crippen molar-refractivity contribution in [2.24, 2.45) is 7.05 Å². The quantitative estimate of drug-likeness (QED) is 0.385. The normalized spacial score (nSPS) is 11.8. The molecule has 0 saturated heterocycles. The van der Waals surface area contributed by atoms with Gasteiger partial charge in [-0.15, -0.1) is 0 Å². The minimum atomic E-state index is -1.19. The highest BCUT2D eigenvalue weighted by Gasteiger charge is 2.29. The molecule has 0 atom stereocenters. The second kappa shape index (κ2) is 10.1. The van der Waals surface area contributed by atoms with Crippen molar-refractivity contribution >= 4 is 29.7 Å². The van der Waals surface area contributed by atoms with Gasteiger partial charge in [0.1, 0.15) is 18.8 Å². The first kappa shape index (κ1) is 23.5. The van der Waals surface area contributed by atoms with Gasteiger partial charge in [0.25, 0.3) is 0 Å². The number of carboxylic acid groups (broad SMARTS) is 1. The van der Waals surface area contributed by atoms with Gasteiger partial charge < -0.3 is 25.8 Å². The van der Waals surface area contributed by atoms with Gasteiger partial charge in [-0.05, 0) is 22.3 Å². The van der Waals surface area contributed by atoms with E-state index in [1.54, 1.807) is 0 Å². The lowest BCUT2D eigenvalue weighted by atomic mass is 9.98. The monoisotopic (exact) mass is 477 g/mol. The van der Waals surface area contributed by atoms with Gasteiger partial charge in [-0.25, -0.2) is 9.59 Å². The molecule has 0 spiro atoms. The Morgan fingerprint density at radius 3 is 2.14 bits per heavy atom. The number of anilines is 1. The molecule has 4 N–H and O–H groups in total. The number of amides is 3. The predicted octanol–water partition coefficient (Wildman–Crippen LogP) is 1.71. The zero-order valence-corrected chi connectivity index (χ0v) is 18.8. The molecule has 0 radical (unpaired) electrons. The van der Waals surface area contributed by atoms with E-state index in [0.29, 0.717) is 0 Å². The molecule has 1 aliphatic rings. The van der Waals surface area contributed by atoms with Crippen LogP contribution < -0.4 is 16.0 Å². The van der Waals surface area contributed by atoms with Crippen LogP contribution >= 0.6 is 0 Å². The van der Waals surface area contributed by atoms with Crippen LogP contribution in [0.2, 0.25) is 0 Å². The zero-order valence-electron chi connectivity index (χ0n) is 18.8. The van der Waals surface area contributed by atoms with Crippen LogP contribution in [0.25, 0.3) is 11.1 Å². The molecule has 35 heavy (non-hydrogen) atoms. The second-order valence-corrected chi connectivity index (χ2v) is 7.85. The smallest absolute Gasteiger partial charge is 0.407 e. The Hall–Kier alpha value is -4.67. The zero-order chi connectivity index (χ0) is 24.9. The Morgan fingerprint density at radius 2 is 1.54 bits per heavy atom. The predicted molar refractivity (Wildman–Crippen MR) is 125 cm³/mol. The van der Waals surface area contributed by atoms with Crippen molar-refractivity contribution in [3.63, 3.8) is 0 Å². The molecule has 1 aromatic heterocycles. The van der Waals surface area contributed by atoms with Gasteiger partial charge in [0, 0.05) is 19.0 Å². The average molecular weight is 477 g/mol. The molecule has 3 aromatic rings. The molecular formula is C24H23N5O6. The molecule has 1 heterocycles. The Balaban J connectivity index is 1.21. The first-order valence-corrected chi connectivity index (χ1v) is 10.8. The van der Waals surface area contributed by atoms with Gasteiger partial charge in [0.05, 0.1) is 6.54 Å². The number of alkyl carbamates (subject to hydrolysis) is 1. The van der Waals surface area contributed by atoms with Crippen LogP contribution in [-0.2, 0) is 21.4 Å². The van der Waals surface area contributed by atoms with Crippen LogP contribution in [0.4, 0.5) is 10.6 Å². The lowest BCUT2D eigenvalue weighted by Gasteiger charge is -2.14. The summed E-state index contributed by atoms with van der Waals surface area (Å²) in [6.45, 7) is -0.646. The van der Waals surface area contributed by atoms with Gasteiger partial charge in [-0.3, -0.25) is 14.3 Å². The lowest BCUT2D eigenvalue weighted by molar-refractivity contribution is -0.123. The number of carboxylic acids is 1. The number of hydrogen-bond acceptors (Lipinski definition) is 6. The maximum Gasteiger partial charge on any atom is 0.407 e. The fourth-order valence-electron chi connectivity index (χ4n) is 3.96. The molecule has 11 heteroatoms. The summed E-state index contributed by atoms with van der Waals surface area (Å²) in [6, 6.07) is 17.1. The highest BCUT2D eigenvalue weighted by atomic mass is 16.5. The minimum absolute atomic E-state index is 0.0425. The average Bonchev–Trinajstić information content (AvgIpc) is 3.37. The van der Waals surface area contributed by atoms with Gasteiger partial charge in [0.15, 0.2) is 5.82 Å². The van der Waals surface area contributed by atoms with E-state index in [9.17, 15) is 19.2 Å². The minimum Gasteiger partial charge on any atom is -0.477 e. The van der Waals surface area contributed by atoms with Crippen LogP contribution in [0.15, 0.2) is 54.6 Å². The summed E-state index contributed by atoms with van der Waals surface area (Å²) in [5.74, 6) is -2.44. The first-order chi connectivity index (χ1) is 16.8. The van der Waals surface area contributed by atoms with Crippen molar-refractivity contribution in [2.75, 3.05) is 25.0 Å². The number of aromatic nitrogens is 2. The van der Waals surface area contributed by atoms with Crippen molar-refractivity contribution in [1.29, 1.82) is 0 Å². The summed E-state index contributed by atoms with van der Waals surface area (Å²) in [4.78, 5) is 47.1. The van der Waals surface area contributed by atoms with Gasteiger partial charge in [-0.1, -0.05) is 48.5 Å². The number of aryl methyl sites for hydroxylation is 1. The molecule has 180 valence electrons. The maximum atomic E-state index is 12.1. The van der Waals surface area contributed by atoms with E-state index in [0.717, 1.165) is 26.9 Å². The third-order valence-corrected chi connectivity index (χ3v) is 5.55. The van der Waals surface area contributed by atoms with Crippen molar-refractivity contribution < 1.29 is 29.0 Å². The fourth-order valence-corrected chi connectivity index (χ4v) is 3.96. The topological polar surface area (TPSA) is 152 Å². The molecule has 0 saturated carbocycles. The van der Waals surface area contributed by atoms with Crippen molar-refractivity contribution in [3.8, 4) is 11.1 Å². The molecule has 11 nitrogen and oxygen atoms in total. The Kier molecular flexibility index (Phi) is 6.76. The Bertz CT molecular complexity index is 1260. The summed E-state index contributed by atoms with van der Waals surface area (Å²) < 4.78 is 6.47. The van der Waals surface area contributed by atoms with Gasteiger partial charge >= 0.3 is 12.1 Å². The standard InChI is InChI=1S/C24H23N5O6/c1-29-19(23(32)33)10-20(28-29)27-22(31)12-25-21(30)11-26-24(34)35-13-18-16-8-4-2-6-14(16)15-7-3-5-9-17(15)18/h2-10,18H,11-13H2,1H3,(H,25,30)(H,26,34)(H,32,33)(H,27,28,31). The van der Waals surface area contributed by atoms with Gasteiger partial charge in [-0.2, -0.15) is 5.10 Å². The first-order valence-electron chi connectivity index (χ1n) is 10.8. The molecule has 0 bridgehead atoms. The summed E-state index contributed by atoms with van der Waals surface area (Å²) in [6.07, 6.45) is -0.749. The number of ether oxygens (including phenoxy) is 1. The van der Waals surface area contributed by atoms with E-state index in [2.05, 4.69) is 21.0 Å². The lowest BCUT2D eigenvalue weighted by Crippen LogP contribution is -2.40. The van der Waals surface area contributed by atoms with Crippen molar-refractivity contribution in [2.45, 2.75) is 5.92 Å². The van der Waals surface area contributed by atoms with Gasteiger partial charge in [0.2, 0.25) is 11.8 Å². The number of rotatable bonds is 8. The summed E-state index contributed by atoms with van der Waals surface area (Å²) in [5, 5.41) is 20.0. The molecule has 0 unspecified atom stereocenters. The second-order valence-electron chi connectivity index (χ2n) is 7.85. The van der Waals surface area contributed by atoms with E-state index < -0.39 is 23.9 Å². The number of nitrogens with one attached hydrogen (secondary N) is 3. The number of fused-ring (bicyclic) bond motifs is 3. The molecule has 3 amide bonds. The van der Waals surface area contributed by atoms with Crippen molar-refractivity contribution in [1.82, 2.24) is 20.4 Å². The molecule has 0 aliphatic heterocycles. The SMILES string of the molecule is Cn1nc(NC(=O)CNC(=O)CNC(=O)OCC2c3ccccc3-c3ccccc32)cc1C(=O)O. The third kappa shape index (κ3) is 5.29.